The number of halogens is 2. The minimum atomic E-state index is -0.979. The molecule has 3 aliphatic heterocycles. The maximum atomic E-state index is 13.9. The molecule has 1 atom stereocenters. The number of benzene rings is 1. The maximum Gasteiger partial charge on any atom is 0.261 e. The van der Waals surface area contributed by atoms with Crippen LogP contribution in [-0.4, -0.2) is 57.8 Å². The Hall–Kier alpha value is -4.07. The molecule has 228 valence electrons. The monoisotopic (exact) mass is 621 g/mol. The molecule has 1 aromatic carbocycles. The van der Waals surface area contributed by atoms with Crippen LogP contribution in [0.2, 0.25) is 0 Å². The van der Waals surface area contributed by atoms with Crippen LogP contribution in [0, 0.1) is 18.6 Å². The van der Waals surface area contributed by atoms with Crippen molar-refractivity contribution in [3.63, 3.8) is 0 Å². The lowest BCUT2D eigenvalue weighted by atomic mass is 9.95. The minimum absolute atomic E-state index is 0.00996. The van der Waals surface area contributed by atoms with Crippen molar-refractivity contribution in [1.82, 2.24) is 25.4 Å². The number of thiophene rings is 1. The van der Waals surface area contributed by atoms with Gasteiger partial charge in [-0.2, -0.15) is 0 Å². The summed E-state index contributed by atoms with van der Waals surface area (Å²) >= 11 is 1.21. The molecule has 0 radical (unpaired) electrons. The predicted octanol–water partition coefficient (Wildman–Crippen LogP) is 5.36. The third kappa shape index (κ3) is 5.29. The van der Waals surface area contributed by atoms with Gasteiger partial charge in [-0.1, -0.05) is 6.07 Å². The van der Waals surface area contributed by atoms with E-state index in [1.807, 2.05) is 4.90 Å². The SMILES string of the molecule is Cc1nnc(-c2c(COC3CCOCC3)nc3c(c2-c2ccc(C(=O)NCc4ccc(F)c(F)c4)s2)C(=O)N2CCC[C@@H]32)o1. The van der Waals surface area contributed by atoms with Gasteiger partial charge in [0.15, 0.2) is 11.6 Å². The summed E-state index contributed by atoms with van der Waals surface area (Å²) in [5, 5.41) is 11.1. The maximum absolute atomic E-state index is 13.9. The molecule has 2 amide bonds. The summed E-state index contributed by atoms with van der Waals surface area (Å²) in [5.41, 5.74) is 3.30. The van der Waals surface area contributed by atoms with Crippen LogP contribution in [0.5, 0.6) is 0 Å². The zero-order valence-corrected chi connectivity index (χ0v) is 24.7. The van der Waals surface area contributed by atoms with Gasteiger partial charge in [0.2, 0.25) is 11.8 Å². The molecule has 0 bridgehead atoms. The molecule has 6 heterocycles. The van der Waals surface area contributed by atoms with Crippen molar-refractivity contribution in [2.45, 2.75) is 57.9 Å². The van der Waals surface area contributed by atoms with Crippen molar-refractivity contribution in [2.75, 3.05) is 19.8 Å². The lowest BCUT2D eigenvalue weighted by Gasteiger charge is -2.23. The normalized spacial score (nSPS) is 18.1. The van der Waals surface area contributed by atoms with Crippen LogP contribution in [-0.2, 0) is 22.6 Å². The molecule has 7 rings (SSSR count). The molecule has 1 N–H and O–H groups in total. The smallest absolute Gasteiger partial charge is 0.261 e. The molecular weight excluding hydrogens is 592 g/mol. The average molecular weight is 622 g/mol. The Bertz CT molecular complexity index is 1750. The van der Waals surface area contributed by atoms with E-state index in [4.69, 9.17) is 18.9 Å². The van der Waals surface area contributed by atoms with Crippen molar-refractivity contribution < 1.29 is 32.3 Å². The zero-order valence-electron chi connectivity index (χ0n) is 23.9. The van der Waals surface area contributed by atoms with Crippen LogP contribution < -0.4 is 5.32 Å². The molecule has 10 nitrogen and oxygen atoms in total. The van der Waals surface area contributed by atoms with Gasteiger partial charge in [0, 0.05) is 43.7 Å². The van der Waals surface area contributed by atoms with E-state index in [1.54, 1.807) is 19.1 Å². The van der Waals surface area contributed by atoms with Gasteiger partial charge in [-0.25, -0.2) is 8.78 Å². The zero-order chi connectivity index (χ0) is 30.4. The van der Waals surface area contributed by atoms with Crippen LogP contribution in [0.15, 0.2) is 34.7 Å². The lowest BCUT2D eigenvalue weighted by molar-refractivity contribution is -0.0398. The second kappa shape index (κ2) is 11.8. The van der Waals surface area contributed by atoms with Gasteiger partial charge in [-0.05, 0) is 55.5 Å². The van der Waals surface area contributed by atoms with E-state index in [-0.39, 0.29) is 43.0 Å². The summed E-state index contributed by atoms with van der Waals surface area (Å²) in [4.78, 5) is 35.0. The number of rotatable bonds is 8. The van der Waals surface area contributed by atoms with Gasteiger partial charge >= 0.3 is 0 Å². The molecule has 0 saturated carbocycles. The number of hydrogen-bond donors (Lipinski definition) is 1. The van der Waals surface area contributed by atoms with Crippen LogP contribution >= 0.6 is 11.3 Å². The first-order valence-electron chi connectivity index (χ1n) is 14.6. The summed E-state index contributed by atoms with van der Waals surface area (Å²) in [6, 6.07) is 6.83. The van der Waals surface area contributed by atoms with Gasteiger partial charge < -0.3 is 24.1 Å². The highest BCUT2D eigenvalue weighted by Gasteiger charge is 2.45. The van der Waals surface area contributed by atoms with Crippen molar-refractivity contribution in [3.05, 3.63) is 75.2 Å². The van der Waals surface area contributed by atoms with Gasteiger partial charge in [-0.15, -0.1) is 21.5 Å². The van der Waals surface area contributed by atoms with E-state index >= 15 is 0 Å². The van der Waals surface area contributed by atoms with E-state index in [1.165, 1.54) is 17.4 Å². The Labute approximate surface area is 255 Å². The summed E-state index contributed by atoms with van der Waals surface area (Å²) in [7, 11) is 0. The van der Waals surface area contributed by atoms with Crippen LogP contribution in [0.1, 0.15) is 74.6 Å². The number of aromatic nitrogens is 3. The molecule has 2 fully saturated rings. The fraction of sp³-hybridized carbons (Fsp3) is 0.387. The van der Waals surface area contributed by atoms with Gasteiger partial charge in [0.25, 0.3) is 11.8 Å². The van der Waals surface area contributed by atoms with E-state index in [9.17, 15) is 18.4 Å². The number of fused-ring (bicyclic) bond motifs is 3. The summed E-state index contributed by atoms with van der Waals surface area (Å²) in [6.45, 7) is 3.79. The Morgan fingerprint density at radius 1 is 1.09 bits per heavy atom. The highest BCUT2D eigenvalue weighted by Crippen LogP contribution is 2.49. The molecule has 0 unspecified atom stereocenters. The topological polar surface area (TPSA) is 120 Å². The number of carbonyl (C=O) groups is 2. The molecule has 2 saturated heterocycles. The van der Waals surface area contributed by atoms with Crippen molar-refractivity contribution >= 4 is 23.2 Å². The number of nitrogens with one attached hydrogen (secondary N) is 1. The highest BCUT2D eigenvalue weighted by atomic mass is 32.1. The Morgan fingerprint density at radius 3 is 2.70 bits per heavy atom. The number of hydrogen-bond acceptors (Lipinski definition) is 9. The molecule has 3 aromatic heterocycles. The largest absolute Gasteiger partial charge is 0.421 e. The predicted molar refractivity (Wildman–Crippen MR) is 155 cm³/mol. The minimum Gasteiger partial charge on any atom is -0.421 e. The number of nitrogens with zero attached hydrogens (tertiary/aromatic N) is 4. The number of carbonyl (C=O) groups excluding carboxylic acids is 2. The fourth-order valence-electron chi connectivity index (χ4n) is 6.08. The second-order valence-corrected chi connectivity index (χ2v) is 12.2. The number of ether oxygens (including phenoxy) is 2. The van der Waals surface area contributed by atoms with Crippen molar-refractivity contribution in [2.24, 2.45) is 0 Å². The summed E-state index contributed by atoms with van der Waals surface area (Å²) < 4.78 is 44.7. The number of amides is 2. The molecule has 4 aromatic rings. The lowest BCUT2D eigenvalue weighted by Crippen LogP contribution is -2.23. The second-order valence-electron chi connectivity index (χ2n) is 11.1. The van der Waals surface area contributed by atoms with Crippen LogP contribution in [0.3, 0.4) is 0 Å². The molecule has 13 heteroatoms. The van der Waals surface area contributed by atoms with Crippen LogP contribution in [0.4, 0.5) is 8.78 Å². The first kappa shape index (κ1) is 28.7. The highest BCUT2D eigenvalue weighted by molar-refractivity contribution is 7.17. The molecule has 0 spiro atoms. The van der Waals surface area contributed by atoms with E-state index in [0.29, 0.717) is 69.0 Å². The third-order valence-electron chi connectivity index (χ3n) is 8.22. The van der Waals surface area contributed by atoms with Gasteiger partial charge in [0.05, 0.1) is 46.1 Å². The van der Waals surface area contributed by atoms with E-state index < -0.39 is 11.6 Å². The first-order valence-corrected chi connectivity index (χ1v) is 15.4. The van der Waals surface area contributed by atoms with Crippen LogP contribution in [0.25, 0.3) is 21.9 Å². The Balaban J connectivity index is 1.29. The van der Waals surface area contributed by atoms with E-state index in [0.717, 1.165) is 37.8 Å². The molecular formula is C31H29F2N5O5S. The quantitative estimate of drug-likeness (QED) is 0.279. The summed E-state index contributed by atoms with van der Waals surface area (Å²) in [5.74, 6) is -1.85. The van der Waals surface area contributed by atoms with Gasteiger partial charge in [0.1, 0.15) is 0 Å². The first-order chi connectivity index (χ1) is 21.4. The van der Waals surface area contributed by atoms with E-state index in [2.05, 4.69) is 15.5 Å². The Kier molecular flexibility index (Phi) is 7.69. The average Bonchev–Trinajstić information content (AvgIpc) is 3.84. The Morgan fingerprint density at radius 2 is 1.93 bits per heavy atom. The van der Waals surface area contributed by atoms with Gasteiger partial charge in [-0.3, -0.25) is 14.6 Å². The molecule has 0 aliphatic carbocycles. The molecule has 44 heavy (non-hydrogen) atoms. The van der Waals surface area contributed by atoms with Crippen molar-refractivity contribution in [3.8, 4) is 21.9 Å². The summed E-state index contributed by atoms with van der Waals surface area (Å²) in [6.07, 6.45) is 3.26. The van der Waals surface area contributed by atoms with Crippen molar-refractivity contribution in [1.29, 1.82) is 0 Å². The molecule has 3 aliphatic rings. The standard InChI is InChI=1S/C31H29F2N5O5S/c1-16-36-37-30(43-16)25-21(15-42-18-8-11-41-12-9-18)35-28-22-3-2-10-38(22)31(40)27(28)26(25)23-6-7-24(44-23)29(39)34-14-17-4-5-19(32)20(33)13-17/h4-7,13,18,22H,2-3,8-12,14-15H2,1H3,(H,34,39)/t22-/m0/s1. The number of pyridine rings is 1. The third-order valence-corrected chi connectivity index (χ3v) is 9.32. The number of aryl methyl sites for hydroxylation is 1. The fourth-order valence-corrected chi connectivity index (χ4v) is 7.06.